The van der Waals surface area contributed by atoms with Crippen molar-refractivity contribution in [2.75, 3.05) is 40.3 Å². The molecule has 3 aromatic rings. The summed E-state index contributed by atoms with van der Waals surface area (Å²) in [4.78, 5) is 62.2. The predicted molar refractivity (Wildman–Crippen MR) is 185 cm³/mol. The SMILES string of the molecule is CNC(=O)[C@H](CCCc1ccccc1)NC(=O)C1CN(C(=O)c2ccc(C#N)cn2)CC2CN(C(=O)c3ccc(OC(C)C)c(OC)c3)CC21. The third-order valence-corrected chi connectivity index (χ3v) is 9.36. The highest BCUT2D eigenvalue weighted by Crippen LogP contribution is 2.37. The number of amides is 4. The molecule has 0 bridgehead atoms. The van der Waals surface area contributed by atoms with E-state index in [-0.39, 0.29) is 53.8 Å². The third kappa shape index (κ3) is 8.40. The first-order valence-electron chi connectivity index (χ1n) is 17.0. The summed E-state index contributed by atoms with van der Waals surface area (Å²) in [5.41, 5.74) is 2.05. The zero-order valence-electron chi connectivity index (χ0n) is 28.9. The summed E-state index contributed by atoms with van der Waals surface area (Å²) < 4.78 is 11.3. The lowest BCUT2D eigenvalue weighted by molar-refractivity contribution is -0.133. The van der Waals surface area contributed by atoms with E-state index in [1.807, 2.05) is 50.2 Å². The molecule has 1 aromatic heterocycles. The molecule has 2 aliphatic rings. The first kappa shape index (κ1) is 35.9. The second-order valence-corrected chi connectivity index (χ2v) is 13.1. The van der Waals surface area contributed by atoms with E-state index in [1.54, 1.807) is 28.0 Å². The van der Waals surface area contributed by atoms with Crippen LogP contribution >= 0.6 is 0 Å². The van der Waals surface area contributed by atoms with Crippen LogP contribution in [0.5, 0.6) is 11.5 Å². The van der Waals surface area contributed by atoms with E-state index in [9.17, 15) is 24.4 Å². The molecule has 0 spiro atoms. The number of pyridine rings is 1. The second kappa shape index (κ2) is 16.3. The van der Waals surface area contributed by atoms with Crippen molar-refractivity contribution in [3.8, 4) is 17.6 Å². The van der Waals surface area contributed by atoms with Crippen LogP contribution in [0.25, 0.3) is 0 Å². The van der Waals surface area contributed by atoms with Gasteiger partial charge < -0.3 is 29.9 Å². The maximum absolute atomic E-state index is 14.1. The molecule has 12 heteroatoms. The van der Waals surface area contributed by atoms with Crippen molar-refractivity contribution in [2.24, 2.45) is 17.8 Å². The van der Waals surface area contributed by atoms with Crippen LogP contribution in [0.2, 0.25) is 0 Å². The molecule has 2 aromatic carbocycles. The topological polar surface area (TPSA) is 154 Å². The van der Waals surface area contributed by atoms with Gasteiger partial charge in [0.15, 0.2) is 11.5 Å². The Morgan fingerprint density at radius 2 is 1.70 bits per heavy atom. The number of carbonyl (C=O) groups is 4. The molecule has 3 unspecified atom stereocenters. The number of aryl methyl sites for hydroxylation is 1. The van der Waals surface area contributed by atoms with Crippen LogP contribution in [0.1, 0.15) is 58.7 Å². The lowest BCUT2D eigenvalue weighted by atomic mass is 9.79. The summed E-state index contributed by atoms with van der Waals surface area (Å²) in [6, 6.07) is 19.3. The summed E-state index contributed by atoms with van der Waals surface area (Å²) in [6.07, 6.45) is 3.13. The number of likely N-dealkylation sites (tertiary alicyclic amines) is 2. The quantitative estimate of drug-likeness (QED) is 0.295. The number of hydrogen-bond acceptors (Lipinski definition) is 8. The lowest BCUT2D eigenvalue weighted by Crippen LogP contribution is -2.56. The molecular weight excluding hydrogens is 636 g/mol. The van der Waals surface area contributed by atoms with Crippen molar-refractivity contribution in [1.29, 1.82) is 5.26 Å². The monoisotopic (exact) mass is 680 g/mol. The molecule has 0 saturated carbocycles. The maximum Gasteiger partial charge on any atom is 0.272 e. The van der Waals surface area contributed by atoms with Gasteiger partial charge in [0, 0.05) is 45.0 Å². The number of ether oxygens (including phenoxy) is 2. The van der Waals surface area contributed by atoms with Gasteiger partial charge in [-0.25, -0.2) is 4.98 Å². The zero-order chi connectivity index (χ0) is 35.8. The Morgan fingerprint density at radius 3 is 2.34 bits per heavy atom. The van der Waals surface area contributed by atoms with Crippen LogP contribution in [0.4, 0.5) is 0 Å². The zero-order valence-corrected chi connectivity index (χ0v) is 28.9. The standard InChI is InChI=1S/C38H44N6O6/c1-24(2)50-33-16-14-27(17-34(33)49-4)37(47)43-20-28-21-44(38(48)32-15-13-26(18-39)19-41-32)23-30(29(28)22-43)35(45)42-31(36(46)40-3)12-8-11-25-9-6-5-7-10-25/h5-7,9-10,13-17,19,24,28-31H,8,11-12,20-23H2,1-4H3,(H,40,46)(H,42,45)/t28?,29?,30?,31-/m0/s1. The smallest absolute Gasteiger partial charge is 0.272 e. The minimum absolute atomic E-state index is 0.0766. The van der Waals surface area contributed by atoms with Crippen molar-refractivity contribution in [1.82, 2.24) is 25.4 Å². The number of methoxy groups -OCH3 is 1. The molecule has 0 radical (unpaired) electrons. The summed E-state index contributed by atoms with van der Waals surface area (Å²) in [7, 11) is 3.06. The Hall–Kier alpha value is -5.44. The maximum atomic E-state index is 14.1. The molecule has 5 rings (SSSR count). The van der Waals surface area contributed by atoms with Crippen molar-refractivity contribution in [2.45, 2.75) is 45.3 Å². The number of aromatic nitrogens is 1. The van der Waals surface area contributed by atoms with Gasteiger partial charge in [0.1, 0.15) is 17.8 Å². The van der Waals surface area contributed by atoms with Gasteiger partial charge in [-0.1, -0.05) is 30.3 Å². The van der Waals surface area contributed by atoms with Crippen LogP contribution in [0.15, 0.2) is 66.9 Å². The van der Waals surface area contributed by atoms with Crippen molar-refractivity contribution >= 4 is 23.6 Å². The Labute approximate surface area is 292 Å². The number of benzene rings is 2. The number of rotatable bonds is 12. The van der Waals surface area contributed by atoms with Crippen LogP contribution in [0.3, 0.4) is 0 Å². The Bertz CT molecular complexity index is 1720. The molecule has 2 aliphatic heterocycles. The third-order valence-electron chi connectivity index (χ3n) is 9.36. The van der Waals surface area contributed by atoms with E-state index in [4.69, 9.17) is 9.47 Å². The number of nitrogens with one attached hydrogen (secondary N) is 2. The van der Waals surface area contributed by atoms with Crippen LogP contribution in [-0.4, -0.2) is 90.9 Å². The van der Waals surface area contributed by atoms with E-state index in [1.165, 1.54) is 32.5 Å². The van der Waals surface area contributed by atoms with Gasteiger partial charge in [-0.2, -0.15) is 5.26 Å². The van der Waals surface area contributed by atoms with Crippen LogP contribution in [0, 0.1) is 29.1 Å². The number of piperidine rings is 1. The molecule has 262 valence electrons. The highest BCUT2D eigenvalue weighted by Gasteiger charge is 2.48. The molecule has 50 heavy (non-hydrogen) atoms. The fourth-order valence-corrected chi connectivity index (χ4v) is 6.84. The molecule has 12 nitrogen and oxygen atoms in total. The first-order chi connectivity index (χ1) is 24.1. The van der Waals surface area contributed by atoms with E-state index in [0.29, 0.717) is 55.1 Å². The van der Waals surface area contributed by atoms with Crippen LogP contribution in [-0.2, 0) is 16.0 Å². The van der Waals surface area contributed by atoms with Crippen LogP contribution < -0.4 is 20.1 Å². The summed E-state index contributed by atoms with van der Waals surface area (Å²) >= 11 is 0. The van der Waals surface area contributed by atoms with Crippen molar-refractivity contribution < 1.29 is 28.7 Å². The van der Waals surface area contributed by atoms with Crippen molar-refractivity contribution in [3.05, 3.63) is 89.2 Å². The average Bonchev–Trinajstić information content (AvgIpc) is 3.58. The van der Waals surface area contributed by atoms with E-state index < -0.39 is 12.0 Å². The summed E-state index contributed by atoms with van der Waals surface area (Å²) in [5.74, 6) is -1.39. The number of likely N-dealkylation sites (N-methyl/N-ethyl adjacent to an activating group) is 1. The van der Waals surface area contributed by atoms with Gasteiger partial charge in [-0.15, -0.1) is 0 Å². The normalized spacial score (nSPS) is 18.8. The molecule has 4 atom stereocenters. The molecule has 2 N–H and O–H groups in total. The summed E-state index contributed by atoms with van der Waals surface area (Å²) in [6.45, 7) is 4.87. The molecular formula is C38H44N6O6. The summed E-state index contributed by atoms with van der Waals surface area (Å²) in [5, 5.41) is 14.8. The average molecular weight is 681 g/mol. The second-order valence-electron chi connectivity index (χ2n) is 13.1. The van der Waals surface area contributed by atoms with E-state index >= 15 is 0 Å². The predicted octanol–water partition coefficient (Wildman–Crippen LogP) is 3.46. The Kier molecular flexibility index (Phi) is 11.7. The Balaban J connectivity index is 1.37. The molecule has 2 fully saturated rings. The van der Waals surface area contributed by atoms with Gasteiger partial charge in [0.25, 0.3) is 11.8 Å². The lowest BCUT2D eigenvalue weighted by Gasteiger charge is -2.39. The highest BCUT2D eigenvalue weighted by atomic mass is 16.5. The van der Waals surface area contributed by atoms with E-state index in [2.05, 4.69) is 15.6 Å². The fourth-order valence-electron chi connectivity index (χ4n) is 6.84. The number of hydrogen-bond donors (Lipinski definition) is 2. The number of carbonyl (C=O) groups excluding carboxylic acids is 4. The molecule has 4 amide bonds. The van der Waals surface area contributed by atoms with Gasteiger partial charge >= 0.3 is 0 Å². The molecule has 2 saturated heterocycles. The molecule has 0 aliphatic carbocycles. The Morgan fingerprint density at radius 1 is 0.960 bits per heavy atom. The molecule has 3 heterocycles. The van der Waals surface area contributed by atoms with Crippen molar-refractivity contribution in [3.63, 3.8) is 0 Å². The van der Waals surface area contributed by atoms with E-state index in [0.717, 1.165) is 12.0 Å². The minimum atomic E-state index is -0.765. The number of fused-ring (bicyclic) bond motifs is 1. The minimum Gasteiger partial charge on any atom is -0.493 e. The highest BCUT2D eigenvalue weighted by molar-refractivity contribution is 5.96. The van der Waals surface area contributed by atoms with Gasteiger partial charge in [-0.3, -0.25) is 19.2 Å². The van der Waals surface area contributed by atoms with Gasteiger partial charge in [0.05, 0.1) is 24.7 Å². The van der Waals surface area contributed by atoms with Gasteiger partial charge in [-0.05, 0) is 80.8 Å². The fraction of sp³-hybridized carbons (Fsp3) is 0.421. The number of nitriles is 1. The first-order valence-corrected chi connectivity index (χ1v) is 17.0. The number of nitrogens with zero attached hydrogens (tertiary/aromatic N) is 4. The largest absolute Gasteiger partial charge is 0.493 e. The van der Waals surface area contributed by atoms with Gasteiger partial charge in [0.2, 0.25) is 11.8 Å².